The van der Waals surface area contributed by atoms with E-state index in [0.29, 0.717) is 11.5 Å². The summed E-state index contributed by atoms with van der Waals surface area (Å²) in [4.78, 5) is 0. The van der Waals surface area contributed by atoms with E-state index in [1.807, 2.05) is 69.3 Å². The number of terminal acetylenes is 2. The molecule has 0 aromatic heterocycles. The Morgan fingerprint density at radius 3 is 1.05 bits per heavy atom. The Balaban J connectivity index is -0.000000176. The SMILES string of the molecule is C#CC#CC#COc1c(C)ccc2c(OCCCCCC)c(C)ccc12.C#CC#CC#COc1cc(C)ccc1-c1ccc(C)cc1OC#CC.CCCCCCCCCCOc1cc(C)c(OC)cc1C.CCCCCCc1ccc(C)c2c(CCCCCC)ccc(C)c12.Cc1ccc(-c2ccc(C)cc2)cc1.Cc1ccc(C)cc1.Cc1ccc2cc(C)ccc2c1.Cc1cccc2c(C)cccc12.[HH].[HH].[HH].[HH].[HH].[HH].[HH].[HH].[HH].[HH].[HH].[HH].[HH].[HH].[HH].[HH].[HH]. The van der Waals surface area contributed by atoms with Crippen molar-refractivity contribution in [2.75, 3.05) is 20.3 Å². The standard InChI is InChI=1S/C24H24O2.C24H36.C23H16O2.C19H32O2.C14H14.2C12H12.C8H10.17H2/c1-5-7-9-11-17-25-23-19(3)13-16-22-21(23)15-14-20(4)24(22)26-18-12-10-8-6-2;1-5-7-9-11-13-21-17-15-20(4)24-22(14-12-10-8-6-2)18-16-19(3)23(21)24;1-5-7-8-9-15-25-23-17-19(4)11-13-21(23)20-12-10-18(3)16-22(20)24-14-6-2;1-5-6-7-8-9-10-11-12-13-21-19-15-16(2)18(20-4)14-17(19)3;1-11-3-7-13(8-4-11)14-9-5-12(2)6-10-14;1-9-3-5-12-8-10(2)4-6-11(12)7-9;1-9-5-3-8-12-10(2)6-4-7-11(9)12;1-7-3-5-8(2)6-4-7;;;;;;;;;;;;;;;;;/h1,13-16H,6,8,10,12,18H2,2-4H3;15-18H,5-14H2,1-4H3;1,10-13,16-17H,2-4H3;14-15H,5-13H2,1-4H3;3-10H,1-2H3;2*3-8H,1-2H3;3-6H,1-2H3;17*1H. The van der Waals surface area contributed by atoms with Gasteiger partial charge in [-0.2, -0.15) is 0 Å². The lowest BCUT2D eigenvalue weighted by Gasteiger charge is -2.16. The van der Waals surface area contributed by atoms with Crippen LogP contribution in [0.5, 0.6) is 34.5 Å². The van der Waals surface area contributed by atoms with Crippen molar-refractivity contribution in [3.63, 3.8) is 0 Å². The highest BCUT2D eigenvalue weighted by molar-refractivity contribution is 5.96. The third-order valence-electron chi connectivity index (χ3n) is 24.8. The highest BCUT2D eigenvalue weighted by Crippen LogP contribution is 2.40. The first-order valence-corrected chi connectivity index (χ1v) is 51.4. The van der Waals surface area contributed by atoms with Crippen LogP contribution < -0.4 is 28.4 Å². The van der Waals surface area contributed by atoms with Crippen molar-refractivity contribution in [1.82, 2.24) is 0 Å². The van der Waals surface area contributed by atoms with E-state index in [0.717, 1.165) is 104 Å². The molecule has 0 heterocycles. The molecule has 0 aliphatic rings. The molecule has 0 spiro atoms. The van der Waals surface area contributed by atoms with Gasteiger partial charge in [0, 0.05) is 76.8 Å². The summed E-state index contributed by atoms with van der Waals surface area (Å²) in [6.45, 7) is 46.0. The fraction of sp³-hybridized carbons (Fsp3) is 0.338. The highest BCUT2D eigenvalue weighted by atomic mass is 16.5. The first-order valence-electron chi connectivity index (χ1n) is 51.4. The van der Waals surface area contributed by atoms with E-state index in [1.54, 1.807) is 35.9 Å². The van der Waals surface area contributed by atoms with Crippen LogP contribution in [0.15, 0.2) is 243 Å². The summed E-state index contributed by atoms with van der Waals surface area (Å²) in [7, 11) is 1.71. The van der Waals surface area contributed by atoms with Crippen molar-refractivity contribution in [3.05, 3.63) is 343 Å². The monoisotopic (exact) mass is 1920 g/mol. The Kier molecular flexibility index (Phi) is 52.5. The van der Waals surface area contributed by atoms with Crippen LogP contribution in [0.2, 0.25) is 0 Å². The predicted octanol–water partition coefficient (Wildman–Crippen LogP) is 40.6. The van der Waals surface area contributed by atoms with Gasteiger partial charge in [-0.25, -0.2) is 0 Å². The van der Waals surface area contributed by atoms with Crippen LogP contribution >= 0.6 is 0 Å². The Morgan fingerprint density at radius 1 is 0.261 bits per heavy atom. The molecule has 0 N–H and O–H groups in total. The Bertz CT molecular complexity index is 6600. The average Bonchev–Trinajstić information content (AvgIpc) is 0.829. The lowest BCUT2D eigenvalue weighted by Crippen LogP contribution is -2.00. The van der Waals surface area contributed by atoms with Crippen molar-refractivity contribution in [1.29, 1.82) is 0 Å². The van der Waals surface area contributed by atoms with Gasteiger partial charge in [-0.15, -0.1) is 12.8 Å². The maximum atomic E-state index is 6.11. The lowest BCUT2D eigenvalue weighted by atomic mass is 9.89. The number of fused-ring (bicyclic) bond motifs is 4. The first-order chi connectivity index (χ1) is 68.8. The minimum absolute atomic E-state index is 0. The molecule has 6 heteroatoms. The topological polar surface area (TPSA) is 55.4 Å². The molecular formula is C136H190O6. The Hall–Kier alpha value is -14.2. The summed E-state index contributed by atoms with van der Waals surface area (Å²) in [6.07, 6.45) is 46.5. The minimum Gasteiger partial charge on any atom is -0.496 e. The third kappa shape index (κ3) is 39.9. The number of ether oxygens (including phenoxy) is 6. The molecule has 0 fully saturated rings. The second-order valence-corrected chi connectivity index (χ2v) is 37.2. The van der Waals surface area contributed by atoms with Gasteiger partial charge in [0.2, 0.25) is 0 Å². The molecule has 0 radical (unpaired) electrons. The molecule has 6 nitrogen and oxygen atoms in total. The van der Waals surface area contributed by atoms with Gasteiger partial charge < -0.3 is 28.4 Å². The fourth-order valence-corrected chi connectivity index (χ4v) is 16.6. The van der Waals surface area contributed by atoms with Gasteiger partial charge in [0.15, 0.2) is 5.75 Å². The quantitative estimate of drug-likeness (QED) is 0.0309. The molecule has 142 heavy (non-hydrogen) atoms. The third-order valence-corrected chi connectivity index (χ3v) is 24.8. The smallest absolute Gasteiger partial charge is 0.151 e. The fourth-order valence-electron chi connectivity index (χ4n) is 16.6. The first kappa shape index (κ1) is 115. The van der Waals surface area contributed by atoms with Crippen LogP contribution in [0.1, 0.15) is 287 Å². The summed E-state index contributed by atoms with van der Waals surface area (Å²) >= 11 is 0. The molecule has 14 aromatic rings. The van der Waals surface area contributed by atoms with Crippen molar-refractivity contribution in [3.8, 4) is 141 Å². The van der Waals surface area contributed by atoms with E-state index in [2.05, 4.69) is 383 Å². The highest BCUT2D eigenvalue weighted by Gasteiger charge is 2.17. The van der Waals surface area contributed by atoms with Crippen LogP contribution in [-0.2, 0) is 12.8 Å². The molecule has 0 bridgehead atoms. The van der Waals surface area contributed by atoms with Crippen molar-refractivity contribution < 1.29 is 52.7 Å². The molecule has 0 unspecified atom stereocenters. The van der Waals surface area contributed by atoms with Crippen LogP contribution in [0.4, 0.5) is 0 Å². The maximum Gasteiger partial charge on any atom is 0.151 e. The second-order valence-electron chi connectivity index (χ2n) is 37.2. The number of rotatable bonds is 32. The van der Waals surface area contributed by atoms with Crippen LogP contribution in [0, 0.1) is 195 Å². The number of hydrogen-bond acceptors (Lipinski definition) is 6. The molecule has 0 saturated carbocycles. The van der Waals surface area contributed by atoms with Gasteiger partial charge in [-0.05, 0) is 307 Å². The van der Waals surface area contributed by atoms with Crippen LogP contribution in [0.3, 0.4) is 0 Å². The summed E-state index contributed by atoms with van der Waals surface area (Å²) in [5, 5.41) is 10.5. The molecule has 14 aromatic carbocycles. The van der Waals surface area contributed by atoms with E-state index in [-0.39, 0.29) is 24.3 Å². The van der Waals surface area contributed by atoms with E-state index in [4.69, 9.17) is 41.3 Å². The molecular weight excluding hydrogens is 1730 g/mol. The maximum absolute atomic E-state index is 6.11. The number of hydrogen-bond donors (Lipinski definition) is 0. The molecule has 0 atom stereocenters. The number of aryl methyl sites for hydroxylation is 18. The van der Waals surface area contributed by atoms with Gasteiger partial charge in [0.1, 0.15) is 47.1 Å². The molecule has 0 aliphatic heterocycles. The number of methoxy groups -OCH3 is 1. The zero-order valence-electron chi connectivity index (χ0n) is 89.7. The Labute approximate surface area is 882 Å². The Morgan fingerprint density at radius 2 is 0.613 bits per heavy atom. The number of benzene rings is 14. The van der Waals surface area contributed by atoms with Crippen LogP contribution in [0.25, 0.3) is 65.3 Å². The number of unbranched alkanes of at least 4 members (excludes halogenated alkanes) is 16. The van der Waals surface area contributed by atoms with E-state index in [9.17, 15) is 0 Å². The zero-order valence-corrected chi connectivity index (χ0v) is 89.7. The second kappa shape index (κ2) is 65.0. The summed E-state index contributed by atoms with van der Waals surface area (Å²) in [6, 6.07) is 85.4. The van der Waals surface area contributed by atoms with E-state index >= 15 is 0 Å². The lowest BCUT2D eigenvalue weighted by molar-refractivity contribution is 0.301. The van der Waals surface area contributed by atoms with Gasteiger partial charge in [0.25, 0.3) is 0 Å². The van der Waals surface area contributed by atoms with Crippen molar-refractivity contribution >= 4 is 43.1 Å². The minimum atomic E-state index is 0. The van der Waals surface area contributed by atoms with Crippen molar-refractivity contribution in [2.45, 2.75) is 287 Å². The summed E-state index contributed by atoms with van der Waals surface area (Å²) in [5.74, 6) is 27.1. The largest absolute Gasteiger partial charge is 0.496 e. The predicted molar refractivity (Wildman–Crippen MR) is 648 cm³/mol. The molecule has 0 aliphatic carbocycles. The van der Waals surface area contributed by atoms with Crippen molar-refractivity contribution in [2.24, 2.45) is 0 Å². The van der Waals surface area contributed by atoms with Gasteiger partial charge >= 0.3 is 0 Å². The molecule has 0 saturated heterocycles. The van der Waals surface area contributed by atoms with E-state index < -0.39 is 0 Å². The molecule has 0 amide bonds. The molecule has 770 valence electrons. The van der Waals surface area contributed by atoms with Gasteiger partial charge in [-0.3, -0.25) is 0 Å². The normalized spacial score (nSPS) is 10.0. The molecule has 14 rings (SSSR count). The summed E-state index contributed by atoms with van der Waals surface area (Å²) < 4.78 is 34.2. The van der Waals surface area contributed by atoms with Crippen LogP contribution in [-0.4, -0.2) is 20.3 Å². The van der Waals surface area contributed by atoms with E-state index in [1.165, 1.54) is 217 Å². The zero-order chi connectivity index (χ0) is 103. The average molecular weight is 1920 g/mol. The van der Waals surface area contributed by atoms with Gasteiger partial charge in [0.05, 0.1) is 20.3 Å². The summed E-state index contributed by atoms with van der Waals surface area (Å²) in [5.41, 5.74) is 27.5. The van der Waals surface area contributed by atoms with Gasteiger partial charge in [-0.1, -0.05) is 388 Å².